The molecule has 0 aliphatic rings. The number of sulfonamides is 1. The number of nitrogens with zero attached hydrogens (tertiary/aromatic N) is 3. The molecule has 3 rings (SSSR count). The van der Waals surface area contributed by atoms with E-state index in [1.807, 2.05) is 0 Å². The number of hydrazone groups is 1. The van der Waals surface area contributed by atoms with Gasteiger partial charge in [-0.15, -0.1) is 0 Å². The topological polar surface area (TPSA) is 140 Å². The molecule has 0 atom stereocenters. The fourth-order valence-electron chi connectivity index (χ4n) is 3.44. The zero-order valence-electron chi connectivity index (χ0n) is 20.8. The van der Waals surface area contributed by atoms with Gasteiger partial charge in [0.25, 0.3) is 5.69 Å². The first-order valence-electron chi connectivity index (χ1n) is 11.3. The van der Waals surface area contributed by atoms with Crippen LogP contribution in [0.4, 0.5) is 11.4 Å². The zero-order chi connectivity index (χ0) is 27.9. The third-order valence-corrected chi connectivity index (χ3v) is 7.80. The van der Waals surface area contributed by atoms with Crippen LogP contribution >= 0.6 is 11.6 Å². The number of rotatable bonds is 11. The number of carbonyl (C=O) groups excluding carboxylic acids is 1. The van der Waals surface area contributed by atoms with Crippen molar-refractivity contribution in [2.45, 2.75) is 18.7 Å². The number of nitro groups is 1. The van der Waals surface area contributed by atoms with E-state index >= 15 is 0 Å². The molecule has 0 aliphatic carbocycles. The van der Waals surface area contributed by atoms with Crippen molar-refractivity contribution in [2.75, 3.05) is 25.6 Å². The lowest BCUT2D eigenvalue weighted by Gasteiger charge is -2.20. The van der Waals surface area contributed by atoms with Crippen molar-refractivity contribution in [3.8, 4) is 11.5 Å². The summed E-state index contributed by atoms with van der Waals surface area (Å²) in [5.74, 6) is -0.253. The van der Waals surface area contributed by atoms with Gasteiger partial charge < -0.3 is 9.47 Å². The van der Waals surface area contributed by atoms with Crippen molar-refractivity contribution in [1.82, 2.24) is 4.31 Å². The first kappa shape index (κ1) is 28.6. The Morgan fingerprint density at radius 3 is 2.45 bits per heavy atom. The molecule has 200 valence electrons. The molecular weight excluding hydrogens is 536 g/mol. The smallest absolute Gasteiger partial charge is 0.345 e. The lowest BCUT2D eigenvalue weighted by Crippen LogP contribution is -2.31. The highest BCUT2D eigenvalue weighted by atomic mass is 35.5. The summed E-state index contributed by atoms with van der Waals surface area (Å²) in [6.07, 6.45) is 1.39. The number of hydrogen-bond donors (Lipinski definition) is 1. The third kappa shape index (κ3) is 6.46. The van der Waals surface area contributed by atoms with E-state index < -0.39 is 20.9 Å². The molecule has 11 nitrogen and oxygen atoms in total. The van der Waals surface area contributed by atoms with Crippen LogP contribution in [0.1, 0.15) is 29.8 Å². The Bertz CT molecular complexity index is 1470. The van der Waals surface area contributed by atoms with Gasteiger partial charge in [0.2, 0.25) is 10.0 Å². The monoisotopic (exact) mass is 560 g/mol. The molecule has 0 aliphatic heterocycles. The Balaban J connectivity index is 1.85. The Morgan fingerprint density at radius 2 is 1.82 bits per heavy atom. The van der Waals surface area contributed by atoms with E-state index in [2.05, 4.69) is 10.5 Å². The minimum absolute atomic E-state index is 0.0657. The van der Waals surface area contributed by atoms with Crippen LogP contribution in [0.5, 0.6) is 11.5 Å². The summed E-state index contributed by atoms with van der Waals surface area (Å²) < 4.78 is 38.1. The maximum Gasteiger partial charge on any atom is 0.345 e. The second-order valence-corrected chi connectivity index (χ2v) is 9.99. The molecular formula is C25H25ClN4O7S. The van der Waals surface area contributed by atoms with Gasteiger partial charge in [0.15, 0.2) is 11.5 Å². The van der Waals surface area contributed by atoms with Gasteiger partial charge in [-0.1, -0.05) is 37.6 Å². The van der Waals surface area contributed by atoms with E-state index in [1.54, 1.807) is 44.2 Å². The molecule has 0 heterocycles. The summed E-state index contributed by atoms with van der Waals surface area (Å²) in [6.45, 7) is 3.73. The molecule has 0 radical (unpaired) electrons. The fourth-order valence-corrected chi connectivity index (χ4v) is 5.27. The van der Waals surface area contributed by atoms with Crippen molar-refractivity contribution in [1.29, 1.82) is 0 Å². The first-order chi connectivity index (χ1) is 18.1. The second kappa shape index (κ2) is 12.5. The van der Waals surface area contributed by atoms with Crippen LogP contribution in [0.2, 0.25) is 5.02 Å². The zero-order valence-corrected chi connectivity index (χ0v) is 22.3. The molecule has 0 saturated carbocycles. The minimum Gasteiger partial charge on any atom is -0.493 e. The van der Waals surface area contributed by atoms with E-state index in [4.69, 9.17) is 21.1 Å². The molecule has 0 unspecified atom stereocenters. The largest absolute Gasteiger partial charge is 0.493 e. The normalized spacial score (nSPS) is 11.5. The summed E-state index contributed by atoms with van der Waals surface area (Å²) >= 11 is 6.06. The van der Waals surface area contributed by atoms with Crippen LogP contribution in [-0.4, -0.2) is 50.0 Å². The highest BCUT2D eigenvalue weighted by molar-refractivity contribution is 7.89. The van der Waals surface area contributed by atoms with Crippen LogP contribution in [0.15, 0.2) is 70.7 Å². The number of carbonyl (C=O) groups is 1. The van der Waals surface area contributed by atoms with Crippen molar-refractivity contribution >= 4 is 45.2 Å². The maximum absolute atomic E-state index is 13.1. The lowest BCUT2D eigenvalue weighted by atomic mass is 10.2. The van der Waals surface area contributed by atoms with Crippen molar-refractivity contribution in [2.24, 2.45) is 5.10 Å². The van der Waals surface area contributed by atoms with E-state index in [1.165, 1.54) is 41.9 Å². The van der Waals surface area contributed by atoms with Gasteiger partial charge in [0.1, 0.15) is 4.90 Å². The molecule has 3 aromatic rings. The maximum atomic E-state index is 13.1. The van der Waals surface area contributed by atoms with Gasteiger partial charge in [-0.2, -0.15) is 9.41 Å². The summed E-state index contributed by atoms with van der Waals surface area (Å²) in [5, 5.41) is 15.6. The predicted octanol–water partition coefficient (Wildman–Crippen LogP) is 4.95. The lowest BCUT2D eigenvalue weighted by molar-refractivity contribution is -0.385. The van der Waals surface area contributed by atoms with Crippen molar-refractivity contribution < 1.29 is 27.6 Å². The molecule has 0 amide bonds. The van der Waals surface area contributed by atoms with Crippen LogP contribution in [0, 0.1) is 10.1 Å². The number of nitrogens with one attached hydrogen (secondary N) is 1. The Labute approximate surface area is 224 Å². The average Bonchev–Trinajstić information content (AvgIpc) is 2.90. The number of halogens is 1. The van der Waals surface area contributed by atoms with Crippen LogP contribution in [-0.2, 0) is 10.0 Å². The predicted molar refractivity (Wildman–Crippen MR) is 144 cm³/mol. The van der Waals surface area contributed by atoms with Crippen molar-refractivity contribution in [3.05, 3.63) is 86.9 Å². The highest BCUT2D eigenvalue weighted by Gasteiger charge is 2.27. The Kier molecular flexibility index (Phi) is 9.40. The summed E-state index contributed by atoms with van der Waals surface area (Å²) in [6, 6.07) is 14.6. The summed E-state index contributed by atoms with van der Waals surface area (Å²) in [5.41, 5.74) is 3.08. The van der Waals surface area contributed by atoms with Gasteiger partial charge >= 0.3 is 5.97 Å². The number of methoxy groups -OCH3 is 1. The Morgan fingerprint density at radius 1 is 1.11 bits per heavy atom. The van der Waals surface area contributed by atoms with Gasteiger partial charge in [-0.3, -0.25) is 15.5 Å². The van der Waals surface area contributed by atoms with Crippen molar-refractivity contribution in [3.63, 3.8) is 0 Å². The molecule has 0 fully saturated rings. The molecule has 38 heavy (non-hydrogen) atoms. The quantitative estimate of drug-likeness (QED) is 0.114. The number of non-ortho nitro benzene ring substituents is 1. The Hall–Kier alpha value is -4.00. The molecule has 13 heteroatoms. The molecule has 1 N–H and O–H groups in total. The number of ether oxygens (including phenoxy) is 2. The van der Waals surface area contributed by atoms with E-state index in [-0.39, 0.29) is 51.4 Å². The first-order valence-corrected chi connectivity index (χ1v) is 13.2. The highest BCUT2D eigenvalue weighted by Crippen LogP contribution is 2.31. The standard InChI is InChI=1S/C25H25ClN4O7S/c1-4-29(5-2)38(34,35)24-15-18(30(32)33)11-12-21(24)28-27-16-17-10-13-22(23(14-17)36-3)37-25(31)19-8-6-7-9-20(19)26/h6-16,28H,4-5H2,1-3H3. The van der Waals surface area contributed by atoms with E-state index in [0.29, 0.717) is 5.56 Å². The molecule has 0 spiro atoms. The molecule has 3 aromatic carbocycles. The molecule has 0 aromatic heterocycles. The summed E-state index contributed by atoms with van der Waals surface area (Å²) in [4.78, 5) is 22.8. The average molecular weight is 561 g/mol. The van der Waals surface area contributed by atoms with Gasteiger partial charge in [-0.05, 0) is 42.0 Å². The third-order valence-electron chi connectivity index (χ3n) is 5.38. The summed E-state index contributed by atoms with van der Waals surface area (Å²) in [7, 11) is -2.62. The van der Waals surface area contributed by atoms with Crippen LogP contribution in [0.3, 0.4) is 0 Å². The number of hydrogen-bond acceptors (Lipinski definition) is 9. The number of esters is 1. The van der Waals surface area contributed by atoms with Gasteiger partial charge in [0, 0.05) is 25.2 Å². The number of nitro benzene ring substituents is 1. The van der Waals surface area contributed by atoms with E-state index in [9.17, 15) is 23.3 Å². The SMILES string of the molecule is CCN(CC)S(=O)(=O)c1cc([N+](=O)[O-])ccc1NN=Cc1ccc(OC(=O)c2ccccc2Cl)c(OC)c1. The number of anilines is 1. The van der Waals surface area contributed by atoms with Gasteiger partial charge in [0.05, 0.1) is 34.5 Å². The second-order valence-electron chi connectivity index (χ2n) is 7.68. The van der Waals surface area contributed by atoms with Crippen LogP contribution < -0.4 is 14.9 Å². The van der Waals surface area contributed by atoms with E-state index in [0.717, 1.165) is 6.07 Å². The fraction of sp³-hybridized carbons (Fsp3) is 0.200. The molecule has 0 saturated heterocycles. The van der Waals surface area contributed by atoms with Crippen LogP contribution in [0.25, 0.3) is 0 Å². The van der Waals surface area contributed by atoms with Gasteiger partial charge in [-0.25, -0.2) is 13.2 Å². The minimum atomic E-state index is -4.02. The number of benzene rings is 3. The molecule has 0 bridgehead atoms.